The molecule has 0 saturated carbocycles. The number of rotatable bonds is 2. The van der Waals surface area contributed by atoms with Crippen LogP contribution in [-0.4, -0.2) is 14.6 Å². The number of hydrogen-bond donors (Lipinski definition) is 0. The Bertz CT molecular complexity index is 791. The fourth-order valence-electron chi connectivity index (χ4n) is 1.64. The fourth-order valence-corrected chi connectivity index (χ4v) is 2.76. The van der Waals surface area contributed by atoms with Crippen molar-refractivity contribution in [2.24, 2.45) is 0 Å². The predicted molar refractivity (Wildman–Crippen MR) is 73.3 cm³/mol. The average Bonchev–Trinajstić information content (AvgIpc) is 2.84. The Kier molecular flexibility index (Phi) is 3.11. The Morgan fingerprint density at radius 2 is 2.11 bits per heavy atom. The second-order valence-electron chi connectivity index (χ2n) is 3.77. The molecule has 0 aliphatic heterocycles. The monoisotopic (exact) mass is 286 g/mol. The van der Waals surface area contributed by atoms with Crippen LogP contribution < -0.4 is 0 Å². The van der Waals surface area contributed by atoms with Crippen LogP contribution in [0.4, 0.5) is 0 Å². The molecular formula is C13H7ClN4S. The Morgan fingerprint density at radius 3 is 2.89 bits per heavy atom. The maximum Gasteiger partial charge on any atom is 0.200 e. The second-order valence-corrected chi connectivity index (χ2v) is 5.19. The van der Waals surface area contributed by atoms with E-state index in [1.165, 1.54) is 11.8 Å². The Labute approximate surface area is 118 Å². The van der Waals surface area contributed by atoms with Crippen molar-refractivity contribution >= 4 is 29.0 Å². The lowest BCUT2D eigenvalue weighted by molar-refractivity contribution is 0.921. The van der Waals surface area contributed by atoms with E-state index < -0.39 is 0 Å². The van der Waals surface area contributed by atoms with Gasteiger partial charge in [-0.05, 0) is 42.1 Å². The summed E-state index contributed by atoms with van der Waals surface area (Å²) in [7, 11) is 0. The van der Waals surface area contributed by atoms with Crippen LogP contribution in [0.25, 0.3) is 5.65 Å². The van der Waals surface area contributed by atoms with Crippen LogP contribution in [0, 0.1) is 11.3 Å². The van der Waals surface area contributed by atoms with Crippen LogP contribution in [0.15, 0.2) is 52.6 Å². The number of pyridine rings is 1. The molecule has 19 heavy (non-hydrogen) atoms. The number of hydrogen-bond acceptors (Lipinski definition) is 4. The van der Waals surface area contributed by atoms with E-state index in [-0.39, 0.29) is 0 Å². The molecule has 0 N–H and O–H groups in total. The van der Waals surface area contributed by atoms with Gasteiger partial charge in [0, 0.05) is 11.1 Å². The van der Waals surface area contributed by atoms with Crippen LogP contribution in [0.5, 0.6) is 0 Å². The third-order valence-electron chi connectivity index (χ3n) is 2.54. The zero-order valence-electron chi connectivity index (χ0n) is 9.62. The van der Waals surface area contributed by atoms with E-state index in [9.17, 15) is 0 Å². The number of fused-ring (bicyclic) bond motifs is 1. The first kappa shape index (κ1) is 12.0. The highest BCUT2D eigenvalue weighted by Gasteiger charge is 2.09. The van der Waals surface area contributed by atoms with Crippen molar-refractivity contribution in [2.45, 2.75) is 10.1 Å². The van der Waals surface area contributed by atoms with Gasteiger partial charge in [0.25, 0.3) is 0 Å². The number of nitriles is 1. The molecule has 0 aliphatic carbocycles. The van der Waals surface area contributed by atoms with Crippen LogP contribution in [-0.2, 0) is 0 Å². The zero-order chi connectivity index (χ0) is 13.2. The molecule has 4 nitrogen and oxygen atoms in total. The molecule has 6 heteroatoms. The number of aromatic nitrogens is 3. The Balaban J connectivity index is 2.00. The molecule has 0 aliphatic rings. The van der Waals surface area contributed by atoms with Gasteiger partial charge in [0.05, 0.1) is 16.7 Å². The zero-order valence-corrected chi connectivity index (χ0v) is 11.2. The number of benzene rings is 1. The molecule has 0 saturated heterocycles. The molecule has 0 fully saturated rings. The third kappa shape index (κ3) is 2.28. The molecule has 3 aromatic rings. The summed E-state index contributed by atoms with van der Waals surface area (Å²) in [5, 5.41) is 18.3. The van der Waals surface area contributed by atoms with Gasteiger partial charge in [-0.15, -0.1) is 10.2 Å². The van der Waals surface area contributed by atoms with E-state index in [1.807, 2.05) is 34.9 Å². The predicted octanol–water partition coefficient (Wildman–Crippen LogP) is 3.41. The Morgan fingerprint density at radius 1 is 1.21 bits per heavy atom. The van der Waals surface area contributed by atoms with Gasteiger partial charge >= 0.3 is 0 Å². The second kappa shape index (κ2) is 4.92. The van der Waals surface area contributed by atoms with E-state index in [0.29, 0.717) is 10.6 Å². The lowest BCUT2D eigenvalue weighted by atomic mass is 10.2. The van der Waals surface area contributed by atoms with Crippen molar-refractivity contribution in [3.63, 3.8) is 0 Å². The number of halogens is 1. The summed E-state index contributed by atoms with van der Waals surface area (Å²) in [4.78, 5) is 0.846. The first-order valence-electron chi connectivity index (χ1n) is 5.45. The summed E-state index contributed by atoms with van der Waals surface area (Å²) in [5.74, 6) is 0. The van der Waals surface area contributed by atoms with E-state index in [1.54, 1.807) is 12.1 Å². The van der Waals surface area contributed by atoms with Gasteiger partial charge < -0.3 is 0 Å². The largest absolute Gasteiger partial charge is 0.277 e. The van der Waals surface area contributed by atoms with E-state index in [0.717, 1.165) is 15.7 Å². The van der Waals surface area contributed by atoms with E-state index >= 15 is 0 Å². The van der Waals surface area contributed by atoms with Crippen molar-refractivity contribution in [3.8, 4) is 6.07 Å². The smallest absolute Gasteiger partial charge is 0.200 e. The minimum atomic E-state index is 0.539. The van der Waals surface area contributed by atoms with E-state index in [4.69, 9.17) is 16.9 Å². The fraction of sp³-hybridized carbons (Fsp3) is 0. The minimum absolute atomic E-state index is 0.539. The average molecular weight is 287 g/mol. The lowest BCUT2D eigenvalue weighted by Crippen LogP contribution is -1.86. The molecule has 2 heterocycles. The molecule has 0 bridgehead atoms. The molecule has 0 spiro atoms. The quantitative estimate of drug-likeness (QED) is 0.724. The van der Waals surface area contributed by atoms with Gasteiger partial charge in [-0.2, -0.15) is 5.26 Å². The topological polar surface area (TPSA) is 54.0 Å². The molecule has 1 aromatic carbocycles. The molecule has 0 radical (unpaired) electrons. The van der Waals surface area contributed by atoms with Crippen LogP contribution in [0.2, 0.25) is 5.02 Å². The summed E-state index contributed by atoms with van der Waals surface area (Å²) in [5.41, 5.74) is 1.33. The van der Waals surface area contributed by atoms with Crippen LogP contribution in [0.3, 0.4) is 0 Å². The van der Waals surface area contributed by atoms with Gasteiger partial charge in [0.2, 0.25) is 0 Å². The molecule has 0 atom stereocenters. The third-order valence-corrected chi connectivity index (χ3v) is 4.01. The van der Waals surface area contributed by atoms with E-state index in [2.05, 4.69) is 16.3 Å². The highest BCUT2D eigenvalue weighted by Crippen LogP contribution is 2.32. The highest BCUT2D eigenvalue weighted by molar-refractivity contribution is 7.99. The molecule has 92 valence electrons. The summed E-state index contributed by atoms with van der Waals surface area (Å²) in [6.07, 6.45) is 1.90. The lowest BCUT2D eigenvalue weighted by Gasteiger charge is -2.02. The molecule has 3 rings (SSSR count). The molecule has 0 amide bonds. The standard InChI is InChI=1S/C13H7ClN4S/c14-10-7-9(8-15)4-5-11(10)19-13-17-16-12-3-1-2-6-18(12)13/h1-7H. The van der Waals surface area contributed by atoms with Crippen molar-refractivity contribution in [1.82, 2.24) is 14.6 Å². The maximum absolute atomic E-state index is 8.81. The van der Waals surface area contributed by atoms with Gasteiger partial charge in [0.1, 0.15) is 0 Å². The molecule has 0 unspecified atom stereocenters. The summed E-state index contributed by atoms with van der Waals surface area (Å²) < 4.78 is 1.89. The van der Waals surface area contributed by atoms with Gasteiger partial charge in [-0.25, -0.2) is 0 Å². The van der Waals surface area contributed by atoms with Crippen LogP contribution >= 0.6 is 23.4 Å². The summed E-state index contributed by atoms with van der Waals surface area (Å²) in [6, 6.07) is 13.0. The first-order valence-corrected chi connectivity index (χ1v) is 6.64. The Hall–Kier alpha value is -2.03. The maximum atomic E-state index is 8.81. The minimum Gasteiger partial charge on any atom is -0.277 e. The SMILES string of the molecule is N#Cc1ccc(Sc2nnc3ccccn23)c(Cl)c1. The van der Waals surface area contributed by atoms with Crippen molar-refractivity contribution in [2.75, 3.05) is 0 Å². The molecule has 2 aromatic heterocycles. The summed E-state index contributed by atoms with van der Waals surface area (Å²) >= 11 is 7.56. The van der Waals surface area contributed by atoms with Gasteiger partial charge in [0.15, 0.2) is 10.8 Å². The normalized spacial score (nSPS) is 10.5. The molecular weight excluding hydrogens is 280 g/mol. The highest BCUT2D eigenvalue weighted by atomic mass is 35.5. The number of nitrogens with zero attached hydrogens (tertiary/aromatic N) is 4. The summed E-state index contributed by atoms with van der Waals surface area (Å²) in [6.45, 7) is 0. The first-order chi connectivity index (χ1) is 9.28. The van der Waals surface area contributed by atoms with Crippen molar-refractivity contribution in [1.29, 1.82) is 5.26 Å². The van der Waals surface area contributed by atoms with Gasteiger partial charge in [-0.1, -0.05) is 17.7 Å². The van der Waals surface area contributed by atoms with Gasteiger partial charge in [-0.3, -0.25) is 4.40 Å². The van der Waals surface area contributed by atoms with Crippen molar-refractivity contribution in [3.05, 3.63) is 53.2 Å². The van der Waals surface area contributed by atoms with Crippen LogP contribution in [0.1, 0.15) is 5.56 Å². The van der Waals surface area contributed by atoms with Crippen molar-refractivity contribution < 1.29 is 0 Å².